The first-order valence-electron chi connectivity index (χ1n) is 10.3. The van der Waals surface area contributed by atoms with Gasteiger partial charge in [0.15, 0.2) is 5.78 Å². The third-order valence-electron chi connectivity index (χ3n) is 4.87. The van der Waals surface area contributed by atoms with Crippen molar-refractivity contribution in [3.8, 4) is 5.75 Å². The van der Waals surface area contributed by atoms with Gasteiger partial charge in [-0.1, -0.05) is 54.6 Å². The van der Waals surface area contributed by atoms with Gasteiger partial charge in [0.1, 0.15) is 11.6 Å². The van der Waals surface area contributed by atoms with Gasteiger partial charge in [0.2, 0.25) is 0 Å². The number of para-hydroxylation sites is 2. The highest BCUT2D eigenvalue weighted by Gasteiger charge is 2.20. The quantitative estimate of drug-likeness (QED) is 0.240. The molecule has 0 aromatic heterocycles. The number of rotatable bonds is 6. The van der Waals surface area contributed by atoms with Crippen LogP contribution < -0.4 is 9.64 Å². The molecule has 4 rings (SSSR count). The normalized spacial score (nSPS) is 10.7. The maximum absolute atomic E-state index is 13.7. The van der Waals surface area contributed by atoms with Gasteiger partial charge in [-0.3, -0.25) is 4.79 Å². The monoisotopic (exact) mass is 437 g/mol. The molecule has 0 bridgehead atoms. The number of benzene rings is 4. The summed E-state index contributed by atoms with van der Waals surface area (Å²) in [5.41, 5.74) is 2.06. The number of anilines is 2. The van der Waals surface area contributed by atoms with E-state index in [1.165, 1.54) is 23.1 Å². The zero-order valence-corrected chi connectivity index (χ0v) is 17.6. The molecule has 0 N–H and O–H groups in total. The summed E-state index contributed by atoms with van der Waals surface area (Å²) in [6.45, 7) is 0. The fourth-order valence-corrected chi connectivity index (χ4v) is 3.22. The Hall–Kier alpha value is -4.51. The number of hydrogen-bond acceptors (Lipinski definition) is 3. The summed E-state index contributed by atoms with van der Waals surface area (Å²) in [6, 6.07) is 30.8. The molecule has 4 nitrogen and oxygen atoms in total. The second-order valence-electron chi connectivity index (χ2n) is 7.12. The van der Waals surface area contributed by atoms with E-state index < -0.39 is 11.9 Å². The maximum atomic E-state index is 13.7. The van der Waals surface area contributed by atoms with E-state index >= 15 is 0 Å². The van der Waals surface area contributed by atoms with Gasteiger partial charge >= 0.3 is 6.09 Å². The van der Waals surface area contributed by atoms with E-state index in [0.29, 0.717) is 28.3 Å². The second kappa shape index (κ2) is 10.2. The number of nitrogens with zero attached hydrogens (tertiary/aromatic N) is 1. The van der Waals surface area contributed by atoms with E-state index in [0.717, 1.165) is 0 Å². The Balaban J connectivity index is 1.49. The van der Waals surface area contributed by atoms with Crippen LogP contribution in [0.25, 0.3) is 6.08 Å². The lowest BCUT2D eigenvalue weighted by Crippen LogP contribution is -2.29. The second-order valence-corrected chi connectivity index (χ2v) is 7.12. The SMILES string of the molecule is O=C(C=Cc1ccccc1F)c1ccc(OC(=O)N(c2ccccc2)c2ccccc2)cc1. The Morgan fingerprint density at radius 1 is 0.697 bits per heavy atom. The van der Waals surface area contributed by atoms with Crippen LogP contribution in [-0.4, -0.2) is 11.9 Å². The number of ether oxygens (including phenoxy) is 1. The molecule has 0 heterocycles. The molecule has 33 heavy (non-hydrogen) atoms. The van der Waals surface area contributed by atoms with Crippen LogP contribution in [0.1, 0.15) is 15.9 Å². The van der Waals surface area contributed by atoms with Crippen molar-refractivity contribution in [3.05, 3.63) is 132 Å². The third kappa shape index (κ3) is 5.40. The summed E-state index contributed by atoms with van der Waals surface area (Å²) in [4.78, 5) is 26.9. The van der Waals surface area contributed by atoms with Crippen LogP contribution in [-0.2, 0) is 0 Å². The largest absolute Gasteiger partial charge is 0.424 e. The Morgan fingerprint density at radius 2 is 1.24 bits per heavy atom. The first-order valence-corrected chi connectivity index (χ1v) is 10.3. The molecule has 162 valence electrons. The lowest BCUT2D eigenvalue weighted by atomic mass is 10.1. The van der Waals surface area contributed by atoms with E-state index in [9.17, 15) is 14.0 Å². The maximum Gasteiger partial charge on any atom is 0.424 e. The average Bonchev–Trinajstić information content (AvgIpc) is 2.85. The van der Waals surface area contributed by atoms with Gasteiger partial charge < -0.3 is 4.74 Å². The van der Waals surface area contributed by atoms with Crippen LogP contribution in [0.4, 0.5) is 20.6 Å². The van der Waals surface area contributed by atoms with Crippen molar-refractivity contribution in [1.82, 2.24) is 0 Å². The van der Waals surface area contributed by atoms with E-state index in [4.69, 9.17) is 4.74 Å². The van der Waals surface area contributed by atoms with Crippen LogP contribution in [0.2, 0.25) is 0 Å². The van der Waals surface area contributed by atoms with Gasteiger partial charge in [0, 0.05) is 11.1 Å². The predicted molar refractivity (Wildman–Crippen MR) is 127 cm³/mol. The fourth-order valence-electron chi connectivity index (χ4n) is 3.22. The Bertz CT molecular complexity index is 1230. The lowest BCUT2D eigenvalue weighted by Gasteiger charge is -2.22. The molecule has 0 radical (unpaired) electrons. The zero-order valence-electron chi connectivity index (χ0n) is 17.6. The molecule has 0 aliphatic rings. The van der Waals surface area contributed by atoms with E-state index in [1.807, 2.05) is 60.7 Å². The fraction of sp³-hybridized carbons (Fsp3) is 0. The Kier molecular flexibility index (Phi) is 6.71. The summed E-state index contributed by atoms with van der Waals surface area (Å²) >= 11 is 0. The van der Waals surface area contributed by atoms with Crippen molar-refractivity contribution < 1.29 is 18.7 Å². The molecule has 0 fully saturated rings. The van der Waals surface area contributed by atoms with E-state index in [1.54, 1.807) is 42.5 Å². The molecular weight excluding hydrogens is 417 g/mol. The topological polar surface area (TPSA) is 46.6 Å². The highest BCUT2D eigenvalue weighted by atomic mass is 19.1. The molecule has 0 aliphatic heterocycles. The molecule has 0 aliphatic carbocycles. The minimum absolute atomic E-state index is 0.286. The minimum atomic E-state index is -0.578. The van der Waals surface area contributed by atoms with Crippen molar-refractivity contribution in [2.45, 2.75) is 0 Å². The Morgan fingerprint density at radius 3 is 1.82 bits per heavy atom. The first-order chi connectivity index (χ1) is 16.1. The van der Waals surface area contributed by atoms with Crippen molar-refractivity contribution in [2.75, 3.05) is 4.90 Å². The minimum Gasteiger partial charge on any atom is -0.410 e. The van der Waals surface area contributed by atoms with E-state index in [2.05, 4.69) is 0 Å². The van der Waals surface area contributed by atoms with Crippen molar-refractivity contribution in [2.24, 2.45) is 0 Å². The number of ketones is 1. The first kappa shape index (κ1) is 21.7. The molecule has 0 saturated carbocycles. The molecule has 1 amide bonds. The summed E-state index contributed by atoms with van der Waals surface area (Å²) in [7, 11) is 0. The zero-order chi connectivity index (χ0) is 23.0. The number of amides is 1. The molecule has 5 heteroatoms. The van der Waals surface area contributed by atoms with Gasteiger partial charge in [-0.2, -0.15) is 0 Å². The van der Waals surface area contributed by atoms with Gasteiger partial charge in [-0.05, 0) is 66.7 Å². The molecular formula is C28H20FNO3. The van der Waals surface area contributed by atoms with Crippen LogP contribution in [0.15, 0.2) is 115 Å². The molecule has 0 atom stereocenters. The van der Waals surface area contributed by atoms with Crippen molar-refractivity contribution >= 4 is 29.3 Å². The summed E-state index contributed by atoms with van der Waals surface area (Å²) < 4.78 is 19.3. The van der Waals surface area contributed by atoms with Crippen LogP contribution in [0, 0.1) is 5.82 Å². The predicted octanol–water partition coefficient (Wildman–Crippen LogP) is 7.06. The van der Waals surface area contributed by atoms with Gasteiger partial charge in [0.25, 0.3) is 0 Å². The average molecular weight is 437 g/mol. The third-order valence-corrected chi connectivity index (χ3v) is 4.87. The van der Waals surface area contributed by atoms with Crippen LogP contribution >= 0.6 is 0 Å². The smallest absolute Gasteiger partial charge is 0.410 e. The number of halogens is 1. The summed E-state index contributed by atoms with van der Waals surface area (Å²) in [5, 5.41) is 0. The number of allylic oxidation sites excluding steroid dienone is 1. The van der Waals surface area contributed by atoms with Crippen molar-refractivity contribution in [1.29, 1.82) is 0 Å². The van der Waals surface area contributed by atoms with E-state index in [-0.39, 0.29) is 5.78 Å². The number of carbonyl (C=O) groups excluding carboxylic acids is 2. The summed E-state index contributed by atoms with van der Waals surface area (Å²) in [5.74, 6) is -0.386. The highest BCUT2D eigenvalue weighted by Crippen LogP contribution is 2.27. The summed E-state index contributed by atoms with van der Waals surface area (Å²) in [6.07, 6.45) is 2.17. The molecule has 0 unspecified atom stereocenters. The molecule has 0 spiro atoms. The molecule has 0 saturated heterocycles. The highest BCUT2D eigenvalue weighted by molar-refractivity contribution is 6.07. The van der Waals surface area contributed by atoms with Gasteiger partial charge in [-0.15, -0.1) is 0 Å². The number of hydrogen-bond donors (Lipinski definition) is 0. The molecule has 4 aromatic rings. The lowest BCUT2D eigenvalue weighted by molar-refractivity contribution is 0.104. The number of carbonyl (C=O) groups is 2. The molecule has 4 aromatic carbocycles. The Labute approximate surface area is 191 Å². The van der Waals surface area contributed by atoms with Gasteiger partial charge in [0.05, 0.1) is 11.4 Å². The van der Waals surface area contributed by atoms with Gasteiger partial charge in [-0.25, -0.2) is 14.1 Å². The van der Waals surface area contributed by atoms with Crippen LogP contribution in [0.3, 0.4) is 0 Å². The van der Waals surface area contributed by atoms with Crippen molar-refractivity contribution in [3.63, 3.8) is 0 Å². The standard InChI is InChI=1S/C28H20FNO3/c29-26-14-8-7-9-21(26)17-20-27(31)22-15-18-25(19-16-22)33-28(32)30(23-10-3-1-4-11-23)24-12-5-2-6-13-24/h1-20H. The van der Waals surface area contributed by atoms with Crippen LogP contribution in [0.5, 0.6) is 5.75 Å².